The minimum atomic E-state index is -1.34. The number of pyridine rings is 1. The molecule has 2 heterocycles. The van der Waals surface area contributed by atoms with E-state index < -0.39 is 17.2 Å². The maximum Gasteiger partial charge on any atom is 0.341 e. The van der Waals surface area contributed by atoms with Gasteiger partial charge in [0.05, 0.1) is 10.9 Å². The van der Waals surface area contributed by atoms with E-state index in [1.807, 2.05) is 7.05 Å². The molecule has 0 bridgehead atoms. The Kier molecular flexibility index (Phi) is 5.89. The smallest absolute Gasteiger partial charge is 0.341 e. The third-order valence-electron chi connectivity index (χ3n) is 5.43. The van der Waals surface area contributed by atoms with Crippen molar-refractivity contribution in [2.75, 3.05) is 20.2 Å². The molecule has 6 nitrogen and oxygen atoms in total. The van der Waals surface area contributed by atoms with Crippen LogP contribution in [0.15, 0.2) is 17.1 Å². The molecular weight excluding hydrogens is 410 g/mol. The van der Waals surface area contributed by atoms with Crippen molar-refractivity contribution in [2.24, 2.45) is 0 Å². The second-order valence-corrected chi connectivity index (χ2v) is 7.68. The van der Waals surface area contributed by atoms with Crippen molar-refractivity contribution in [3.8, 4) is 5.75 Å². The fraction of sp³-hybridized carbons (Fsp3) is 0.474. The third kappa shape index (κ3) is 3.58. The zero-order chi connectivity index (χ0) is 19.3. The molecule has 1 aromatic carbocycles. The largest absolute Gasteiger partial charge is 0.487 e. The van der Waals surface area contributed by atoms with Crippen LogP contribution in [0.4, 0.5) is 4.39 Å². The van der Waals surface area contributed by atoms with Gasteiger partial charge in [-0.25, -0.2) is 9.18 Å². The number of carbonyl (C=O) groups is 1. The van der Waals surface area contributed by atoms with Crippen LogP contribution in [0.3, 0.4) is 0 Å². The molecule has 1 aliphatic carbocycles. The number of halogens is 3. The standard InChI is InChI=1S/C19H20ClFN2O4.ClH/c1-22-6-2-3-11(22)9-27-18-14(21)7-12-16(15(18)20)23(10-4-5-10)8-13(17(12)24)19(25)26;/h7-8,10-11H,2-6,9H2,1H3,(H,25,26);1H/t11-;/m0./s1. The number of likely N-dealkylation sites (tertiary alicyclic amines) is 1. The van der Waals surface area contributed by atoms with E-state index >= 15 is 0 Å². The van der Waals surface area contributed by atoms with Crippen molar-refractivity contribution in [3.05, 3.63) is 38.9 Å². The quantitative estimate of drug-likeness (QED) is 0.782. The molecule has 1 aliphatic heterocycles. The number of aromatic carboxylic acids is 1. The lowest BCUT2D eigenvalue weighted by Gasteiger charge is -2.21. The molecule has 152 valence electrons. The Bertz CT molecular complexity index is 990. The average Bonchev–Trinajstić information content (AvgIpc) is 3.38. The van der Waals surface area contributed by atoms with Gasteiger partial charge in [0.1, 0.15) is 17.2 Å². The maximum absolute atomic E-state index is 14.7. The zero-order valence-corrected chi connectivity index (χ0v) is 16.9. The Morgan fingerprint density at radius 3 is 2.68 bits per heavy atom. The number of nitrogens with zero attached hydrogens (tertiary/aromatic N) is 2. The van der Waals surface area contributed by atoms with Crippen molar-refractivity contribution >= 4 is 40.9 Å². The summed E-state index contributed by atoms with van der Waals surface area (Å²) in [5, 5.41) is 9.29. The SMILES string of the molecule is CN1CCC[C@H]1COc1c(F)cc2c(=O)c(C(=O)O)cn(C3CC3)c2c1Cl.Cl. The summed E-state index contributed by atoms with van der Waals surface area (Å²) in [4.78, 5) is 26.1. The maximum atomic E-state index is 14.7. The van der Waals surface area contributed by atoms with Gasteiger partial charge in [0.15, 0.2) is 11.6 Å². The summed E-state index contributed by atoms with van der Waals surface area (Å²) in [5.74, 6) is -2.17. The second-order valence-electron chi connectivity index (χ2n) is 7.30. The first kappa shape index (κ1) is 20.9. The number of rotatable bonds is 5. The van der Waals surface area contributed by atoms with Crippen LogP contribution in [-0.4, -0.2) is 46.8 Å². The number of benzene rings is 1. The lowest BCUT2D eigenvalue weighted by atomic mass is 10.1. The Labute approximate surface area is 172 Å². The van der Waals surface area contributed by atoms with Crippen molar-refractivity contribution in [1.29, 1.82) is 0 Å². The van der Waals surface area contributed by atoms with Gasteiger partial charge in [-0.05, 0) is 45.3 Å². The first-order valence-corrected chi connectivity index (χ1v) is 9.39. The van der Waals surface area contributed by atoms with Crippen LogP contribution in [0.2, 0.25) is 5.02 Å². The number of hydrogen-bond donors (Lipinski definition) is 1. The molecule has 1 aromatic heterocycles. The fourth-order valence-electron chi connectivity index (χ4n) is 3.72. The number of fused-ring (bicyclic) bond motifs is 1. The Morgan fingerprint density at radius 1 is 1.39 bits per heavy atom. The van der Waals surface area contributed by atoms with E-state index in [4.69, 9.17) is 16.3 Å². The minimum Gasteiger partial charge on any atom is -0.487 e. The van der Waals surface area contributed by atoms with Crippen LogP contribution in [0.25, 0.3) is 10.9 Å². The molecule has 1 atom stereocenters. The van der Waals surface area contributed by atoms with Gasteiger partial charge in [-0.15, -0.1) is 12.4 Å². The number of carboxylic acids is 1. The van der Waals surface area contributed by atoms with Crippen LogP contribution in [-0.2, 0) is 0 Å². The van der Waals surface area contributed by atoms with Crippen LogP contribution in [0.1, 0.15) is 42.1 Å². The van der Waals surface area contributed by atoms with Crippen molar-refractivity contribution in [1.82, 2.24) is 9.47 Å². The highest BCUT2D eigenvalue weighted by Gasteiger charge is 2.30. The Morgan fingerprint density at radius 2 is 2.11 bits per heavy atom. The predicted octanol–water partition coefficient (Wildman–Crippen LogP) is 3.72. The average molecular weight is 431 g/mol. The van der Waals surface area contributed by atoms with E-state index in [1.165, 1.54) is 6.20 Å². The third-order valence-corrected chi connectivity index (χ3v) is 5.78. The molecule has 0 amide bonds. The molecule has 2 aromatic rings. The van der Waals surface area contributed by atoms with E-state index in [1.54, 1.807) is 4.57 Å². The first-order chi connectivity index (χ1) is 12.9. The molecule has 1 N–H and O–H groups in total. The summed E-state index contributed by atoms with van der Waals surface area (Å²) in [5.41, 5.74) is -0.784. The molecule has 0 radical (unpaired) electrons. The topological polar surface area (TPSA) is 71.8 Å². The molecule has 9 heteroatoms. The van der Waals surface area contributed by atoms with Crippen LogP contribution >= 0.6 is 24.0 Å². The lowest BCUT2D eigenvalue weighted by Crippen LogP contribution is -2.30. The van der Waals surface area contributed by atoms with E-state index in [0.29, 0.717) is 12.1 Å². The van der Waals surface area contributed by atoms with Crippen molar-refractivity contribution < 1.29 is 19.0 Å². The fourth-order valence-corrected chi connectivity index (χ4v) is 4.06. The molecule has 1 saturated carbocycles. The number of aromatic nitrogens is 1. The molecular formula is C19H21Cl2FN2O4. The van der Waals surface area contributed by atoms with Gasteiger partial charge in [-0.3, -0.25) is 4.79 Å². The van der Waals surface area contributed by atoms with E-state index in [0.717, 1.165) is 38.3 Å². The van der Waals surface area contributed by atoms with Crippen LogP contribution in [0, 0.1) is 5.82 Å². The van der Waals surface area contributed by atoms with E-state index in [9.17, 15) is 19.1 Å². The zero-order valence-electron chi connectivity index (χ0n) is 15.3. The van der Waals surface area contributed by atoms with Gasteiger partial charge >= 0.3 is 5.97 Å². The lowest BCUT2D eigenvalue weighted by molar-refractivity contribution is 0.0695. The van der Waals surface area contributed by atoms with Gasteiger partial charge in [0.2, 0.25) is 5.43 Å². The van der Waals surface area contributed by atoms with Crippen LogP contribution in [0.5, 0.6) is 5.75 Å². The van der Waals surface area contributed by atoms with E-state index in [-0.39, 0.29) is 46.2 Å². The summed E-state index contributed by atoms with van der Waals surface area (Å²) in [7, 11) is 2.00. The Hall–Kier alpha value is -1.83. The number of carboxylic acid groups (broad SMARTS) is 1. The molecule has 1 saturated heterocycles. The second kappa shape index (κ2) is 7.89. The van der Waals surface area contributed by atoms with Gasteiger partial charge in [-0.1, -0.05) is 11.6 Å². The molecule has 4 rings (SSSR count). The predicted molar refractivity (Wildman–Crippen MR) is 107 cm³/mol. The van der Waals surface area contributed by atoms with Gasteiger partial charge in [0, 0.05) is 18.3 Å². The first-order valence-electron chi connectivity index (χ1n) is 9.01. The normalized spacial score (nSPS) is 19.6. The van der Waals surface area contributed by atoms with Gasteiger partial charge in [-0.2, -0.15) is 0 Å². The molecule has 2 fully saturated rings. The molecule has 0 spiro atoms. The highest BCUT2D eigenvalue weighted by Crippen LogP contribution is 2.42. The van der Waals surface area contributed by atoms with Crippen LogP contribution < -0.4 is 10.2 Å². The van der Waals surface area contributed by atoms with Gasteiger partial charge < -0.3 is 19.3 Å². The van der Waals surface area contributed by atoms with Crippen molar-refractivity contribution in [3.63, 3.8) is 0 Å². The van der Waals surface area contributed by atoms with E-state index in [2.05, 4.69) is 4.90 Å². The Balaban J connectivity index is 0.00000225. The van der Waals surface area contributed by atoms with Crippen molar-refractivity contribution in [2.45, 2.75) is 37.8 Å². The summed E-state index contributed by atoms with van der Waals surface area (Å²) < 4.78 is 22.1. The molecule has 0 unspecified atom stereocenters. The van der Waals surface area contributed by atoms with Gasteiger partial charge in [0.25, 0.3) is 0 Å². The summed E-state index contributed by atoms with van der Waals surface area (Å²) in [6.45, 7) is 1.28. The summed E-state index contributed by atoms with van der Waals surface area (Å²) >= 11 is 6.46. The number of hydrogen-bond acceptors (Lipinski definition) is 4. The highest BCUT2D eigenvalue weighted by molar-refractivity contribution is 6.36. The molecule has 28 heavy (non-hydrogen) atoms. The molecule has 2 aliphatic rings. The minimum absolute atomic E-state index is 0. The number of likely N-dealkylation sites (N-methyl/N-ethyl adjacent to an activating group) is 1. The number of ether oxygens (including phenoxy) is 1. The monoisotopic (exact) mass is 430 g/mol. The highest BCUT2D eigenvalue weighted by atomic mass is 35.5. The summed E-state index contributed by atoms with van der Waals surface area (Å²) in [6.07, 6.45) is 5.06. The summed E-state index contributed by atoms with van der Waals surface area (Å²) in [6, 6.07) is 1.29.